The molecule has 0 radical (unpaired) electrons. The van der Waals surface area contributed by atoms with Crippen LogP contribution in [0.4, 0.5) is 11.5 Å². The van der Waals surface area contributed by atoms with Crippen molar-refractivity contribution < 1.29 is 4.79 Å². The highest BCUT2D eigenvalue weighted by molar-refractivity contribution is 6.04. The van der Waals surface area contributed by atoms with Crippen LogP contribution < -0.4 is 10.6 Å². The molecule has 1 aromatic heterocycles. The summed E-state index contributed by atoms with van der Waals surface area (Å²) < 4.78 is 0. The van der Waals surface area contributed by atoms with Crippen LogP contribution >= 0.6 is 0 Å². The number of aromatic nitrogens is 1. The first-order chi connectivity index (χ1) is 6.09. The molecule has 68 valence electrons. The van der Waals surface area contributed by atoms with Crippen molar-refractivity contribution in [2.75, 3.05) is 10.6 Å². The van der Waals surface area contributed by atoms with E-state index in [0.29, 0.717) is 0 Å². The minimum Gasteiger partial charge on any atom is -0.355 e. The lowest BCUT2D eigenvalue weighted by molar-refractivity contribution is -0.119. The fourth-order valence-electron chi connectivity index (χ4n) is 1.24. The molecule has 13 heavy (non-hydrogen) atoms. The van der Waals surface area contributed by atoms with Crippen molar-refractivity contribution >= 4 is 17.4 Å². The molecule has 0 spiro atoms. The quantitative estimate of drug-likeness (QED) is 0.626. The molecule has 4 heteroatoms. The molecular formula is C9H11N3O. The molecule has 1 aliphatic heterocycles. The van der Waals surface area contributed by atoms with E-state index in [1.807, 2.05) is 19.9 Å². The summed E-state index contributed by atoms with van der Waals surface area (Å²) in [4.78, 5) is 15.6. The molecule has 4 nitrogen and oxygen atoms in total. The van der Waals surface area contributed by atoms with Crippen molar-refractivity contribution in [3.8, 4) is 0 Å². The Morgan fingerprint density at radius 2 is 2.23 bits per heavy atom. The Balaban J connectivity index is 2.44. The number of hydrogen-bond donors (Lipinski definition) is 2. The van der Waals surface area contributed by atoms with Gasteiger partial charge >= 0.3 is 0 Å². The second-order valence-electron chi connectivity index (χ2n) is 3.60. The van der Waals surface area contributed by atoms with E-state index >= 15 is 0 Å². The number of carbonyl (C=O) groups is 1. The van der Waals surface area contributed by atoms with Gasteiger partial charge in [0.25, 0.3) is 0 Å². The number of fused-ring (bicyclic) bond motifs is 1. The van der Waals surface area contributed by atoms with E-state index in [1.165, 1.54) is 0 Å². The molecule has 0 aromatic carbocycles. The fraction of sp³-hybridized carbons (Fsp3) is 0.333. The van der Waals surface area contributed by atoms with Gasteiger partial charge in [-0.25, -0.2) is 4.98 Å². The summed E-state index contributed by atoms with van der Waals surface area (Å²) in [6, 6.07) is 3.61. The average Bonchev–Trinajstić information content (AvgIpc) is 2.06. The third-order valence-corrected chi connectivity index (χ3v) is 2.05. The van der Waals surface area contributed by atoms with E-state index in [2.05, 4.69) is 15.6 Å². The van der Waals surface area contributed by atoms with E-state index in [1.54, 1.807) is 12.3 Å². The molecule has 1 amide bonds. The van der Waals surface area contributed by atoms with Gasteiger partial charge in [0.05, 0.1) is 5.69 Å². The Morgan fingerprint density at radius 1 is 1.46 bits per heavy atom. The summed E-state index contributed by atoms with van der Waals surface area (Å²) >= 11 is 0. The molecule has 0 bridgehead atoms. The topological polar surface area (TPSA) is 54.0 Å². The summed E-state index contributed by atoms with van der Waals surface area (Å²) in [7, 11) is 0. The Hall–Kier alpha value is -1.58. The predicted molar refractivity (Wildman–Crippen MR) is 50.6 cm³/mol. The summed E-state index contributed by atoms with van der Waals surface area (Å²) in [5.74, 6) is 0.695. The first-order valence-corrected chi connectivity index (χ1v) is 4.14. The molecule has 2 heterocycles. The maximum absolute atomic E-state index is 11.5. The minimum atomic E-state index is -0.582. The standard InChI is InChI=1S/C9H11N3O/c1-9(2)8(13)11-6-4-3-5-10-7(6)12-9/h3-5H,1-2H3,(H,10,12)(H,11,13). The molecule has 1 aromatic rings. The number of amides is 1. The first-order valence-electron chi connectivity index (χ1n) is 4.14. The van der Waals surface area contributed by atoms with E-state index in [9.17, 15) is 4.79 Å². The number of pyridine rings is 1. The van der Waals surface area contributed by atoms with Gasteiger partial charge < -0.3 is 10.6 Å². The molecule has 2 rings (SSSR count). The zero-order valence-corrected chi connectivity index (χ0v) is 7.59. The van der Waals surface area contributed by atoms with Crippen molar-refractivity contribution in [3.63, 3.8) is 0 Å². The summed E-state index contributed by atoms with van der Waals surface area (Å²) in [6.45, 7) is 3.64. The number of anilines is 2. The lowest BCUT2D eigenvalue weighted by Crippen LogP contribution is -2.47. The summed E-state index contributed by atoms with van der Waals surface area (Å²) in [5, 5.41) is 5.85. The second kappa shape index (κ2) is 2.45. The average molecular weight is 177 g/mol. The van der Waals surface area contributed by atoms with Gasteiger partial charge in [-0.1, -0.05) is 0 Å². The number of rotatable bonds is 0. The maximum atomic E-state index is 11.5. The van der Waals surface area contributed by atoms with E-state index < -0.39 is 5.54 Å². The smallest absolute Gasteiger partial charge is 0.249 e. The van der Waals surface area contributed by atoms with Gasteiger partial charge in [0.1, 0.15) is 5.54 Å². The Labute approximate surface area is 76.4 Å². The second-order valence-corrected chi connectivity index (χ2v) is 3.60. The van der Waals surface area contributed by atoms with Crippen LogP contribution in [0.2, 0.25) is 0 Å². The van der Waals surface area contributed by atoms with Crippen molar-refractivity contribution in [1.29, 1.82) is 0 Å². The van der Waals surface area contributed by atoms with Crippen molar-refractivity contribution in [2.45, 2.75) is 19.4 Å². The molecule has 0 unspecified atom stereocenters. The van der Waals surface area contributed by atoms with Gasteiger partial charge in [-0.3, -0.25) is 4.79 Å². The van der Waals surface area contributed by atoms with Gasteiger partial charge in [0.15, 0.2) is 5.82 Å². The third-order valence-electron chi connectivity index (χ3n) is 2.05. The van der Waals surface area contributed by atoms with Gasteiger partial charge in [-0.05, 0) is 26.0 Å². The van der Waals surface area contributed by atoms with Gasteiger partial charge in [0, 0.05) is 6.20 Å². The fourth-order valence-corrected chi connectivity index (χ4v) is 1.24. The number of nitrogens with one attached hydrogen (secondary N) is 2. The highest BCUT2D eigenvalue weighted by Crippen LogP contribution is 2.27. The van der Waals surface area contributed by atoms with Crippen LogP contribution in [-0.2, 0) is 4.79 Å². The van der Waals surface area contributed by atoms with Gasteiger partial charge in [-0.15, -0.1) is 0 Å². The Morgan fingerprint density at radius 3 is 3.00 bits per heavy atom. The monoisotopic (exact) mass is 177 g/mol. The van der Waals surface area contributed by atoms with Crippen LogP contribution in [0, 0.1) is 0 Å². The van der Waals surface area contributed by atoms with E-state index in [0.717, 1.165) is 11.5 Å². The maximum Gasteiger partial charge on any atom is 0.249 e. The molecule has 0 saturated heterocycles. The van der Waals surface area contributed by atoms with Crippen LogP contribution in [0.25, 0.3) is 0 Å². The van der Waals surface area contributed by atoms with Crippen LogP contribution in [0.15, 0.2) is 18.3 Å². The van der Waals surface area contributed by atoms with Crippen molar-refractivity contribution in [3.05, 3.63) is 18.3 Å². The van der Waals surface area contributed by atoms with E-state index in [-0.39, 0.29) is 5.91 Å². The van der Waals surface area contributed by atoms with Crippen molar-refractivity contribution in [1.82, 2.24) is 4.98 Å². The molecule has 0 atom stereocenters. The lowest BCUT2D eigenvalue weighted by atomic mass is 10.0. The lowest BCUT2D eigenvalue weighted by Gasteiger charge is -2.31. The predicted octanol–water partition coefficient (Wildman–Crippen LogP) is 1.22. The van der Waals surface area contributed by atoms with Crippen LogP contribution in [-0.4, -0.2) is 16.4 Å². The first kappa shape index (κ1) is 8.04. The molecular weight excluding hydrogens is 166 g/mol. The van der Waals surface area contributed by atoms with Crippen LogP contribution in [0.3, 0.4) is 0 Å². The summed E-state index contributed by atoms with van der Waals surface area (Å²) in [6.07, 6.45) is 1.69. The van der Waals surface area contributed by atoms with Crippen molar-refractivity contribution in [2.24, 2.45) is 0 Å². The Kier molecular flexibility index (Phi) is 1.52. The molecule has 0 fully saturated rings. The zero-order chi connectivity index (χ0) is 9.47. The molecule has 2 N–H and O–H groups in total. The SMILES string of the molecule is CC1(C)Nc2ncccc2NC1=O. The third kappa shape index (κ3) is 1.24. The number of nitrogens with zero attached hydrogens (tertiary/aromatic N) is 1. The minimum absolute atomic E-state index is 0.0343. The van der Waals surface area contributed by atoms with Gasteiger partial charge in [-0.2, -0.15) is 0 Å². The van der Waals surface area contributed by atoms with Gasteiger partial charge in [0.2, 0.25) is 5.91 Å². The number of hydrogen-bond acceptors (Lipinski definition) is 3. The van der Waals surface area contributed by atoms with E-state index in [4.69, 9.17) is 0 Å². The molecule has 0 aliphatic carbocycles. The number of carbonyl (C=O) groups excluding carboxylic acids is 1. The normalized spacial score (nSPS) is 18.5. The van der Waals surface area contributed by atoms with Crippen LogP contribution in [0.5, 0.6) is 0 Å². The highest BCUT2D eigenvalue weighted by atomic mass is 16.2. The largest absolute Gasteiger partial charge is 0.355 e. The molecule has 1 aliphatic rings. The Bertz CT molecular complexity index is 360. The van der Waals surface area contributed by atoms with Crippen LogP contribution in [0.1, 0.15) is 13.8 Å². The summed E-state index contributed by atoms with van der Waals surface area (Å²) in [5.41, 5.74) is 0.160. The zero-order valence-electron chi connectivity index (χ0n) is 7.59. The molecule has 0 saturated carbocycles. The highest BCUT2D eigenvalue weighted by Gasteiger charge is 2.32.